The summed E-state index contributed by atoms with van der Waals surface area (Å²) in [7, 11) is 3.31. The molecule has 2 heterocycles. The summed E-state index contributed by atoms with van der Waals surface area (Å²) in [6, 6.07) is -0.710. The van der Waals surface area contributed by atoms with Gasteiger partial charge in [-0.25, -0.2) is 4.98 Å². The SMILES string of the molecule is CNc1nc2c(ncn2C(C)OCCOC(=O)[C@@H](N)C(C)(C)C(C)C)c(=O)n1C.[HH].[HH].[HH].[HH].[HH].[HH].[HH].[HH].[HH].[HH].[HH].[HH].[HH].[HH].[HH].[HH].[HH].[HH].[HH].[HH].[HH].[HH].[HH].[HH].[HH].[HH].[HH].[HH].[HH].[HH].[HH].[HH].[HH].[HH].[HH].[HH].[HH].[HH].[HH].[HH].[HH].[HH].[HH].[HH].[HH].[HH].[HH].[HH].[HH].[HH].[HH].[HH].[HH].[HH].[HH].[HH].[HH].[HH].[HH].[HH].[HH].[HH].[HH].[HH].[HH].[HH].[HH]. The van der Waals surface area contributed by atoms with E-state index in [9.17, 15) is 9.59 Å². The van der Waals surface area contributed by atoms with Gasteiger partial charge < -0.3 is 20.5 Å². The lowest BCUT2D eigenvalue weighted by Crippen LogP contribution is -2.47. The van der Waals surface area contributed by atoms with Crippen molar-refractivity contribution in [3.8, 4) is 0 Å². The normalized spacial score (nSPS) is 14.2. The summed E-state index contributed by atoms with van der Waals surface area (Å²) in [5.41, 5.74) is 6.12. The van der Waals surface area contributed by atoms with Gasteiger partial charge in [-0.2, -0.15) is 4.98 Å². The standard InChI is InChI=1S/C19H32N6O4.67H2/c1-11(2)19(4,5)14(20)17(27)29-9-8-28-12(3)25-10-22-13-15(25)23-18(21-6)24(7)16(13)26;;;;;;;;;;;;;;;;;;;;;;;;;;;;;;;;;;;;;;;;;;;;;;;;;;;;;;;;;;;;;;;;;;;/h10-12,14H,8-9,20H2,1-7H3,(H,21,23);67*1H/t12?,14-;;;;;;;;;;;;;;;;;;;;;;;;;;;;;;;;;;;;;;;;;;;;;;;;;;;;;;;;;;;;;;;;;;;/m1.................................................................../s1. The Morgan fingerprint density at radius 1 is 1.34 bits per heavy atom. The number of rotatable bonds is 9. The van der Waals surface area contributed by atoms with Gasteiger partial charge in [0.2, 0.25) is 5.95 Å². The third-order valence-corrected chi connectivity index (χ3v) is 5.65. The molecule has 0 aliphatic heterocycles. The lowest BCUT2D eigenvalue weighted by Gasteiger charge is -2.33. The van der Waals surface area contributed by atoms with Crippen LogP contribution in [0.15, 0.2) is 11.1 Å². The van der Waals surface area contributed by atoms with Gasteiger partial charge in [-0.1, -0.05) is 27.7 Å². The maximum Gasteiger partial charge on any atom is 0.323 e. The van der Waals surface area contributed by atoms with E-state index in [1.807, 2.05) is 27.7 Å². The molecular weight excluding hydrogens is 376 g/mol. The number of nitrogens with two attached hydrogens (primary N) is 1. The summed E-state index contributed by atoms with van der Waals surface area (Å²) in [5.74, 6) is 0.211. The molecule has 0 fully saturated rings. The van der Waals surface area contributed by atoms with Crippen molar-refractivity contribution in [2.24, 2.45) is 24.1 Å². The molecule has 10 heteroatoms. The van der Waals surface area contributed by atoms with Gasteiger partial charge in [0.15, 0.2) is 11.2 Å². The fraction of sp³-hybridized carbons (Fsp3) is 0.684. The van der Waals surface area contributed by atoms with Gasteiger partial charge in [-0.3, -0.25) is 18.7 Å². The van der Waals surface area contributed by atoms with E-state index >= 15 is 0 Å². The second kappa shape index (κ2) is 8.91. The van der Waals surface area contributed by atoms with Crippen LogP contribution in [-0.4, -0.2) is 51.4 Å². The van der Waals surface area contributed by atoms with Crippen molar-refractivity contribution in [1.82, 2.24) is 19.1 Å². The van der Waals surface area contributed by atoms with E-state index in [0.717, 1.165) is 0 Å². The van der Waals surface area contributed by atoms with E-state index in [1.54, 1.807) is 25.6 Å². The van der Waals surface area contributed by atoms with Crippen LogP contribution >= 0.6 is 0 Å². The highest BCUT2D eigenvalue weighted by Crippen LogP contribution is 2.29. The minimum atomic E-state index is -0.710. The summed E-state index contributed by atoms with van der Waals surface area (Å²) < 4.78 is 14.1. The van der Waals surface area contributed by atoms with Crippen LogP contribution in [-0.2, 0) is 21.3 Å². The first-order valence-electron chi connectivity index (χ1n) is 9.67. The number of nitrogens with one attached hydrogen (secondary N) is 1. The first kappa shape index (κ1) is 22.8. The topological polar surface area (TPSA) is 126 Å². The molecule has 2 rings (SSSR count). The van der Waals surface area contributed by atoms with Crippen LogP contribution in [0.1, 0.15) is 136 Å². The summed E-state index contributed by atoms with van der Waals surface area (Å²) in [5, 5.41) is 2.88. The number of fused-ring (bicyclic) bond motifs is 1. The zero-order chi connectivity index (χ0) is 21.9. The monoisotopic (exact) mass is 543 g/mol. The quantitative estimate of drug-likeness (QED) is 0.236. The molecule has 0 saturated carbocycles. The molecule has 0 aliphatic rings. The highest BCUT2D eigenvalue weighted by molar-refractivity contribution is 5.76. The second-order valence-electron chi connectivity index (χ2n) is 7.96. The Morgan fingerprint density at radius 2 is 2.00 bits per heavy atom. The number of imidazole rings is 1. The number of hydrogen-bond donors (Lipinski definition) is 2. The zero-order valence-corrected chi connectivity index (χ0v) is 18.2. The average Bonchev–Trinajstić information content (AvgIpc) is 3.10. The van der Waals surface area contributed by atoms with E-state index < -0.39 is 18.2 Å². The van der Waals surface area contributed by atoms with Crippen LogP contribution in [0.3, 0.4) is 0 Å². The number of nitrogens with zero attached hydrogens (tertiary/aromatic N) is 4. The summed E-state index contributed by atoms with van der Waals surface area (Å²) in [6.45, 7) is 9.99. The minimum Gasteiger partial charge on any atom is -0.462 e. The Morgan fingerprint density at radius 3 is 2.59 bits per heavy atom. The molecule has 2 aromatic heterocycles. The van der Waals surface area contributed by atoms with Crippen molar-refractivity contribution < 1.29 is 110 Å². The Balaban J connectivity index is -0.00000000210. The molecule has 0 aliphatic carbocycles. The molecule has 0 spiro atoms. The van der Waals surface area contributed by atoms with Gasteiger partial charge >= 0.3 is 5.97 Å². The molecule has 10 nitrogen and oxygen atoms in total. The maximum absolute atomic E-state index is 12.4. The molecule has 0 bridgehead atoms. The minimum absolute atomic E-state index is 0. The molecule has 0 radical (unpaired) electrons. The molecule has 0 amide bonds. The largest absolute Gasteiger partial charge is 0.462 e. The maximum atomic E-state index is 12.4. The predicted octanol–water partition coefficient (Wildman–Crippen LogP) is 17.7. The van der Waals surface area contributed by atoms with Gasteiger partial charge in [0.25, 0.3) is 5.56 Å². The Hall–Kier alpha value is -2.46. The second-order valence-corrected chi connectivity index (χ2v) is 7.96. The number of carbonyl (C=O) groups is 1. The third kappa shape index (κ3) is 4.59. The van der Waals surface area contributed by atoms with Crippen molar-refractivity contribution in [3.63, 3.8) is 0 Å². The number of hydrogen-bond acceptors (Lipinski definition) is 8. The molecule has 3 N–H and O–H groups in total. The Bertz CT molecular complexity index is 1000. The Kier molecular flexibility index (Phi) is 7.02. The first-order valence-corrected chi connectivity index (χ1v) is 9.67. The molecule has 2 atom stereocenters. The highest BCUT2D eigenvalue weighted by atomic mass is 16.6. The summed E-state index contributed by atoms with van der Waals surface area (Å²) >= 11 is 0. The van der Waals surface area contributed by atoms with Crippen LogP contribution in [0.4, 0.5) is 5.95 Å². The summed E-state index contributed by atoms with van der Waals surface area (Å²) in [4.78, 5) is 33.2. The smallest absolute Gasteiger partial charge is 0.323 e. The van der Waals surface area contributed by atoms with Gasteiger partial charge in [-0.15, -0.1) is 0 Å². The zero-order valence-electron chi connectivity index (χ0n) is 18.2. The van der Waals surface area contributed by atoms with Crippen molar-refractivity contribution in [3.05, 3.63) is 16.7 Å². The lowest BCUT2D eigenvalue weighted by molar-refractivity contribution is -0.151. The lowest BCUT2D eigenvalue weighted by atomic mass is 9.75. The molecule has 1 unspecified atom stereocenters. The molecule has 0 aromatic carbocycles. The van der Waals surface area contributed by atoms with E-state index in [4.69, 9.17) is 15.2 Å². The molecule has 296 valence electrons. The average molecular weight is 544 g/mol. The van der Waals surface area contributed by atoms with Crippen molar-refractivity contribution in [1.29, 1.82) is 0 Å². The number of aromatic nitrogens is 4. The van der Waals surface area contributed by atoms with Crippen LogP contribution in [0.2, 0.25) is 0 Å². The Labute approximate surface area is 269 Å². The van der Waals surface area contributed by atoms with Crippen LogP contribution in [0.25, 0.3) is 11.2 Å². The van der Waals surface area contributed by atoms with Crippen LogP contribution in [0, 0.1) is 11.3 Å². The molecular formula is C19H166N6O4. The first-order chi connectivity index (χ1) is 13.5. The molecule has 29 heavy (non-hydrogen) atoms. The van der Waals surface area contributed by atoms with Gasteiger partial charge in [0.1, 0.15) is 18.9 Å². The fourth-order valence-corrected chi connectivity index (χ4v) is 2.73. The van der Waals surface area contributed by atoms with Crippen LogP contribution < -0.4 is 16.6 Å². The summed E-state index contributed by atoms with van der Waals surface area (Å²) in [6.07, 6.45) is 1.06. The molecule has 2 aromatic rings. The van der Waals surface area contributed by atoms with Gasteiger partial charge in [0.05, 0.1) is 12.9 Å². The number of esters is 1. The van der Waals surface area contributed by atoms with E-state index in [0.29, 0.717) is 11.6 Å². The van der Waals surface area contributed by atoms with E-state index in [1.165, 1.54) is 10.9 Å². The van der Waals surface area contributed by atoms with Crippen LogP contribution in [0.5, 0.6) is 0 Å². The number of anilines is 1. The third-order valence-electron chi connectivity index (χ3n) is 5.65. The predicted molar refractivity (Wildman–Crippen MR) is 252 cm³/mol. The fourth-order valence-electron chi connectivity index (χ4n) is 2.73. The van der Waals surface area contributed by atoms with Crippen molar-refractivity contribution >= 4 is 23.1 Å². The van der Waals surface area contributed by atoms with Gasteiger partial charge in [-0.05, 0) is 18.3 Å². The van der Waals surface area contributed by atoms with Crippen molar-refractivity contribution in [2.45, 2.75) is 46.9 Å². The van der Waals surface area contributed by atoms with Crippen molar-refractivity contribution in [2.75, 3.05) is 25.6 Å². The van der Waals surface area contributed by atoms with Gasteiger partial charge in [0, 0.05) is 110 Å². The number of carbonyl (C=O) groups excluding carboxylic acids is 1. The van der Waals surface area contributed by atoms with E-state index in [-0.39, 0.29) is 131 Å². The van der Waals surface area contributed by atoms with E-state index in [2.05, 4.69) is 15.3 Å². The molecule has 0 saturated heterocycles. The highest BCUT2D eigenvalue weighted by Gasteiger charge is 2.35. The number of ether oxygens (including phenoxy) is 2.